The number of pyridine rings is 1. The van der Waals surface area contributed by atoms with Crippen LogP contribution in [0.4, 0.5) is 0 Å². The zero-order valence-electron chi connectivity index (χ0n) is 14.6. The van der Waals surface area contributed by atoms with Gasteiger partial charge in [0.25, 0.3) is 0 Å². The van der Waals surface area contributed by atoms with Crippen LogP contribution in [0, 0.1) is 18.3 Å². The van der Waals surface area contributed by atoms with E-state index in [0.717, 1.165) is 29.9 Å². The number of ketones is 1. The standard InChI is InChI=1S/C18H16N6OS2/c1-11-9-26-17(21-11)14(7-19)15(25)10-27-18-23-22-16(24(18)13-4-5-13)12-3-2-6-20-8-12/h2-3,6,8-9,13-14H,4-5,10H2,1H3. The van der Waals surface area contributed by atoms with Crippen molar-refractivity contribution in [2.45, 2.75) is 36.9 Å². The van der Waals surface area contributed by atoms with Crippen LogP contribution >= 0.6 is 23.1 Å². The van der Waals surface area contributed by atoms with Crippen LogP contribution in [0.15, 0.2) is 35.1 Å². The second kappa shape index (κ2) is 7.58. The number of thiazole rings is 1. The van der Waals surface area contributed by atoms with E-state index in [9.17, 15) is 10.1 Å². The minimum absolute atomic E-state index is 0.161. The Morgan fingerprint density at radius 3 is 2.96 bits per heavy atom. The van der Waals surface area contributed by atoms with Crippen molar-refractivity contribution in [3.63, 3.8) is 0 Å². The second-order valence-electron chi connectivity index (χ2n) is 6.29. The Labute approximate surface area is 164 Å². The molecular formula is C18H16N6OS2. The number of carbonyl (C=O) groups excluding carboxylic acids is 1. The van der Waals surface area contributed by atoms with Crippen molar-refractivity contribution in [2.75, 3.05) is 5.75 Å². The van der Waals surface area contributed by atoms with Gasteiger partial charge in [0.2, 0.25) is 0 Å². The summed E-state index contributed by atoms with van der Waals surface area (Å²) >= 11 is 2.68. The van der Waals surface area contributed by atoms with Crippen molar-refractivity contribution in [3.05, 3.63) is 40.6 Å². The van der Waals surface area contributed by atoms with E-state index in [4.69, 9.17) is 0 Å². The van der Waals surface area contributed by atoms with Crippen LogP contribution in [0.5, 0.6) is 0 Å². The predicted molar refractivity (Wildman–Crippen MR) is 102 cm³/mol. The summed E-state index contributed by atoms with van der Waals surface area (Å²) in [6, 6.07) is 6.26. The largest absolute Gasteiger partial charge is 0.299 e. The molecule has 3 heterocycles. The summed E-state index contributed by atoms with van der Waals surface area (Å²) in [5, 5.41) is 21.1. The zero-order chi connectivity index (χ0) is 18.8. The fraction of sp³-hybridized carbons (Fsp3) is 0.333. The van der Waals surface area contributed by atoms with Crippen molar-refractivity contribution >= 4 is 28.9 Å². The third kappa shape index (κ3) is 3.77. The van der Waals surface area contributed by atoms with Crippen LogP contribution in [0.25, 0.3) is 11.4 Å². The number of nitriles is 1. The normalized spacial score (nSPS) is 14.7. The third-order valence-corrected chi connectivity index (χ3v) is 6.17. The molecule has 1 fully saturated rings. The van der Waals surface area contributed by atoms with Gasteiger partial charge in [-0.3, -0.25) is 14.3 Å². The molecule has 0 amide bonds. The smallest absolute Gasteiger partial charge is 0.192 e. The Morgan fingerprint density at radius 1 is 1.48 bits per heavy atom. The van der Waals surface area contributed by atoms with E-state index >= 15 is 0 Å². The number of rotatable bonds is 7. The highest BCUT2D eigenvalue weighted by molar-refractivity contribution is 7.99. The Balaban J connectivity index is 1.52. The molecule has 0 N–H and O–H groups in total. The Morgan fingerprint density at radius 2 is 2.33 bits per heavy atom. The van der Waals surface area contributed by atoms with Crippen LogP contribution < -0.4 is 0 Å². The molecular weight excluding hydrogens is 380 g/mol. The molecule has 0 saturated heterocycles. The highest BCUT2D eigenvalue weighted by atomic mass is 32.2. The SMILES string of the molecule is Cc1csc(C(C#N)C(=O)CSc2nnc(-c3cccnc3)n2C2CC2)n1. The Bertz CT molecular complexity index is 1000. The monoisotopic (exact) mass is 396 g/mol. The summed E-state index contributed by atoms with van der Waals surface area (Å²) in [5.74, 6) is -0.0567. The van der Waals surface area contributed by atoms with Gasteiger partial charge in [0.05, 0.1) is 11.8 Å². The first kappa shape index (κ1) is 17.8. The molecule has 27 heavy (non-hydrogen) atoms. The van der Waals surface area contributed by atoms with Gasteiger partial charge in [0.1, 0.15) is 5.01 Å². The molecule has 7 nitrogen and oxygen atoms in total. The molecule has 0 aliphatic heterocycles. The average molecular weight is 397 g/mol. The molecule has 4 rings (SSSR count). The number of nitrogens with zero attached hydrogens (tertiary/aromatic N) is 6. The van der Waals surface area contributed by atoms with Gasteiger partial charge >= 0.3 is 0 Å². The maximum Gasteiger partial charge on any atom is 0.192 e. The minimum Gasteiger partial charge on any atom is -0.299 e. The molecule has 3 aromatic heterocycles. The van der Waals surface area contributed by atoms with Gasteiger partial charge in [-0.25, -0.2) is 4.98 Å². The quantitative estimate of drug-likeness (QED) is 0.564. The molecule has 0 bridgehead atoms. The first-order valence-corrected chi connectivity index (χ1v) is 10.4. The van der Waals surface area contributed by atoms with Gasteiger partial charge in [-0.15, -0.1) is 21.5 Å². The maximum atomic E-state index is 12.6. The lowest BCUT2D eigenvalue weighted by atomic mass is 10.1. The van der Waals surface area contributed by atoms with Gasteiger partial charge in [-0.05, 0) is 31.9 Å². The van der Waals surface area contributed by atoms with Crippen molar-refractivity contribution < 1.29 is 4.79 Å². The topological polar surface area (TPSA) is 97.4 Å². The summed E-state index contributed by atoms with van der Waals surface area (Å²) in [5.41, 5.74) is 1.73. The molecule has 9 heteroatoms. The van der Waals surface area contributed by atoms with Crippen LogP contribution in [0.3, 0.4) is 0 Å². The molecule has 0 spiro atoms. The fourth-order valence-corrected chi connectivity index (χ4v) is 4.49. The van der Waals surface area contributed by atoms with Crippen LogP contribution in [-0.4, -0.2) is 36.3 Å². The summed E-state index contributed by atoms with van der Waals surface area (Å²) in [6.45, 7) is 1.85. The number of carbonyl (C=O) groups is 1. The molecule has 1 unspecified atom stereocenters. The lowest BCUT2D eigenvalue weighted by Crippen LogP contribution is -2.13. The number of aryl methyl sites for hydroxylation is 1. The maximum absolute atomic E-state index is 12.6. The number of Topliss-reactive ketones (excluding diaryl/α,β-unsaturated/α-hetero) is 1. The van der Waals surface area contributed by atoms with E-state index in [-0.39, 0.29) is 11.5 Å². The molecule has 0 radical (unpaired) electrons. The number of aromatic nitrogens is 5. The molecule has 136 valence electrons. The van der Waals surface area contributed by atoms with E-state index in [1.807, 2.05) is 24.4 Å². The second-order valence-corrected chi connectivity index (χ2v) is 8.13. The molecule has 1 aliphatic rings. The lowest BCUT2D eigenvalue weighted by Gasteiger charge is -2.09. The summed E-state index contributed by atoms with van der Waals surface area (Å²) in [7, 11) is 0. The highest BCUT2D eigenvalue weighted by Crippen LogP contribution is 2.41. The lowest BCUT2D eigenvalue weighted by molar-refractivity contribution is -0.116. The van der Waals surface area contributed by atoms with Crippen molar-refractivity contribution in [3.8, 4) is 17.5 Å². The van der Waals surface area contributed by atoms with Crippen molar-refractivity contribution in [1.82, 2.24) is 24.7 Å². The van der Waals surface area contributed by atoms with E-state index in [2.05, 4.69) is 30.8 Å². The first-order chi connectivity index (χ1) is 13.2. The Kier molecular flexibility index (Phi) is 5.01. The van der Waals surface area contributed by atoms with E-state index in [0.29, 0.717) is 16.2 Å². The Hall–Kier alpha value is -2.57. The molecule has 1 aliphatic carbocycles. The molecule has 1 saturated carbocycles. The first-order valence-electron chi connectivity index (χ1n) is 8.50. The highest BCUT2D eigenvalue weighted by Gasteiger charge is 2.31. The van der Waals surface area contributed by atoms with Crippen molar-refractivity contribution in [2.24, 2.45) is 0 Å². The van der Waals surface area contributed by atoms with Crippen LogP contribution in [-0.2, 0) is 4.79 Å². The number of hydrogen-bond acceptors (Lipinski definition) is 8. The molecule has 1 atom stereocenters. The van der Waals surface area contributed by atoms with Gasteiger partial charge < -0.3 is 0 Å². The van der Waals surface area contributed by atoms with Crippen LogP contribution in [0.1, 0.15) is 35.5 Å². The number of thioether (sulfide) groups is 1. The fourth-order valence-electron chi connectivity index (χ4n) is 2.72. The predicted octanol–water partition coefficient (Wildman–Crippen LogP) is 3.41. The number of hydrogen-bond donors (Lipinski definition) is 0. The van der Waals surface area contributed by atoms with E-state index in [1.165, 1.54) is 23.1 Å². The third-order valence-electron chi connectivity index (χ3n) is 4.17. The van der Waals surface area contributed by atoms with E-state index < -0.39 is 5.92 Å². The molecule has 3 aromatic rings. The van der Waals surface area contributed by atoms with Gasteiger partial charge in [-0.2, -0.15) is 5.26 Å². The van der Waals surface area contributed by atoms with Gasteiger partial charge in [0.15, 0.2) is 22.7 Å². The summed E-state index contributed by atoms with van der Waals surface area (Å²) in [4.78, 5) is 21.0. The van der Waals surface area contributed by atoms with Gasteiger partial charge in [0, 0.05) is 35.1 Å². The summed E-state index contributed by atoms with van der Waals surface area (Å²) < 4.78 is 2.09. The average Bonchev–Trinajstić information content (AvgIpc) is 3.30. The minimum atomic E-state index is -0.828. The molecule has 0 aromatic carbocycles. The van der Waals surface area contributed by atoms with Gasteiger partial charge in [-0.1, -0.05) is 11.8 Å². The van der Waals surface area contributed by atoms with E-state index in [1.54, 1.807) is 12.4 Å². The summed E-state index contributed by atoms with van der Waals surface area (Å²) in [6.07, 6.45) is 5.63. The zero-order valence-corrected chi connectivity index (χ0v) is 16.2. The van der Waals surface area contributed by atoms with Crippen molar-refractivity contribution in [1.29, 1.82) is 5.26 Å². The van der Waals surface area contributed by atoms with Crippen LogP contribution in [0.2, 0.25) is 0 Å².